The Kier molecular flexibility index (Phi) is 6.20. The third-order valence-corrected chi connectivity index (χ3v) is 6.86. The van der Waals surface area contributed by atoms with Gasteiger partial charge in [-0.05, 0) is 67.8 Å². The molecule has 4 aromatic rings. The fraction of sp³-hybridized carbons (Fsp3) is 0.160. The maximum atomic E-state index is 12.5. The van der Waals surface area contributed by atoms with Gasteiger partial charge in [-0.3, -0.25) is 4.98 Å². The van der Waals surface area contributed by atoms with Crippen LogP contribution in [-0.4, -0.2) is 19.4 Å². The molecule has 0 aliphatic rings. The molecule has 0 spiro atoms. The Labute approximate surface area is 193 Å². The average molecular weight is 467 g/mol. The van der Waals surface area contributed by atoms with E-state index in [1.165, 1.54) is 6.07 Å². The minimum absolute atomic E-state index is 0.158. The van der Waals surface area contributed by atoms with Crippen LogP contribution in [0.5, 0.6) is 11.5 Å². The Morgan fingerprint density at radius 2 is 1.66 bits per heavy atom. The average Bonchev–Trinajstić information content (AvgIpc) is 2.73. The normalized spacial score (nSPS) is 11.8. The highest BCUT2D eigenvalue weighted by atomic mass is 35.5. The lowest BCUT2D eigenvalue weighted by Gasteiger charge is -2.13. The van der Waals surface area contributed by atoms with Gasteiger partial charge in [0, 0.05) is 23.7 Å². The van der Waals surface area contributed by atoms with Crippen molar-refractivity contribution < 1.29 is 13.2 Å². The summed E-state index contributed by atoms with van der Waals surface area (Å²) in [7, 11) is -3.61. The molecule has 0 unspecified atom stereocenters. The van der Waals surface area contributed by atoms with Crippen LogP contribution in [-0.2, 0) is 10.0 Å². The van der Waals surface area contributed by atoms with E-state index in [2.05, 4.69) is 9.71 Å². The van der Waals surface area contributed by atoms with Crippen molar-refractivity contribution in [3.05, 3.63) is 83.5 Å². The van der Waals surface area contributed by atoms with Crippen LogP contribution in [0.4, 0.5) is 0 Å². The summed E-state index contributed by atoms with van der Waals surface area (Å²) in [4.78, 5) is 4.64. The first kappa shape index (κ1) is 22.3. The van der Waals surface area contributed by atoms with E-state index >= 15 is 0 Å². The molecular formula is C25H23ClN2O3S. The third kappa shape index (κ3) is 4.63. The second-order valence-electron chi connectivity index (χ2n) is 7.83. The Bertz CT molecular complexity index is 1400. The molecule has 5 nitrogen and oxygen atoms in total. The number of benzene rings is 3. The van der Waals surface area contributed by atoms with Crippen LogP contribution in [0.15, 0.2) is 77.8 Å². The number of halogens is 1. The van der Waals surface area contributed by atoms with Crippen LogP contribution in [0, 0.1) is 6.92 Å². The van der Waals surface area contributed by atoms with E-state index in [-0.39, 0.29) is 10.9 Å². The molecule has 1 heterocycles. The standard InChI is InChI=1S/C25H23ClN2O3S/c1-16(2)28-32(29,30)21-10-5-9-20(14-21)31-19-8-4-7-18(13-19)24-17(3)15-27-25-22(24)11-6-12-23(25)26/h4-16,28H,1-3H3. The monoisotopic (exact) mass is 466 g/mol. The lowest BCUT2D eigenvalue weighted by Crippen LogP contribution is -2.30. The first-order valence-corrected chi connectivity index (χ1v) is 12.1. The SMILES string of the molecule is Cc1cnc2c(Cl)cccc2c1-c1cccc(Oc2cccc(S(=O)(=O)NC(C)C)c2)c1. The second-order valence-corrected chi connectivity index (χ2v) is 9.95. The molecule has 0 saturated carbocycles. The summed E-state index contributed by atoms with van der Waals surface area (Å²) >= 11 is 6.35. The van der Waals surface area contributed by atoms with Crippen molar-refractivity contribution in [1.29, 1.82) is 0 Å². The van der Waals surface area contributed by atoms with Crippen LogP contribution < -0.4 is 9.46 Å². The van der Waals surface area contributed by atoms with Crippen LogP contribution in [0.25, 0.3) is 22.0 Å². The summed E-state index contributed by atoms with van der Waals surface area (Å²) in [5, 5.41) is 1.56. The van der Waals surface area contributed by atoms with E-state index in [1.807, 2.05) is 55.6 Å². The largest absolute Gasteiger partial charge is 0.457 e. The van der Waals surface area contributed by atoms with Crippen LogP contribution in [0.1, 0.15) is 19.4 Å². The van der Waals surface area contributed by atoms with Gasteiger partial charge < -0.3 is 4.74 Å². The minimum atomic E-state index is -3.61. The fourth-order valence-electron chi connectivity index (χ4n) is 3.60. The van der Waals surface area contributed by atoms with Crippen LogP contribution in [0.3, 0.4) is 0 Å². The van der Waals surface area contributed by atoms with Gasteiger partial charge in [0.05, 0.1) is 15.4 Å². The smallest absolute Gasteiger partial charge is 0.240 e. The zero-order valence-corrected chi connectivity index (χ0v) is 19.5. The molecule has 4 rings (SSSR count). The number of nitrogens with zero attached hydrogens (tertiary/aromatic N) is 1. The number of fused-ring (bicyclic) bond motifs is 1. The number of hydrogen-bond acceptors (Lipinski definition) is 4. The van der Waals surface area contributed by atoms with E-state index < -0.39 is 10.0 Å². The van der Waals surface area contributed by atoms with E-state index in [4.69, 9.17) is 16.3 Å². The van der Waals surface area contributed by atoms with Crippen molar-refractivity contribution in [2.24, 2.45) is 0 Å². The Balaban J connectivity index is 1.71. The Morgan fingerprint density at radius 3 is 2.41 bits per heavy atom. The van der Waals surface area contributed by atoms with Gasteiger partial charge in [-0.1, -0.05) is 41.9 Å². The predicted octanol–water partition coefficient (Wildman–Crippen LogP) is 6.34. The first-order chi connectivity index (χ1) is 15.2. The van der Waals surface area contributed by atoms with Gasteiger partial charge in [-0.15, -0.1) is 0 Å². The highest BCUT2D eigenvalue weighted by Crippen LogP contribution is 2.35. The molecule has 0 bridgehead atoms. The molecular weight excluding hydrogens is 444 g/mol. The van der Waals surface area contributed by atoms with Crippen molar-refractivity contribution in [2.75, 3.05) is 0 Å². The van der Waals surface area contributed by atoms with Gasteiger partial charge in [0.25, 0.3) is 0 Å². The number of para-hydroxylation sites is 1. The number of sulfonamides is 1. The number of aromatic nitrogens is 1. The number of ether oxygens (including phenoxy) is 1. The lowest BCUT2D eigenvalue weighted by molar-refractivity contribution is 0.480. The van der Waals surface area contributed by atoms with Gasteiger partial charge in [0.15, 0.2) is 0 Å². The molecule has 0 amide bonds. The van der Waals surface area contributed by atoms with Gasteiger partial charge in [-0.2, -0.15) is 0 Å². The Hall–Kier alpha value is -2.93. The summed E-state index contributed by atoms with van der Waals surface area (Å²) in [6.45, 7) is 5.56. The summed E-state index contributed by atoms with van der Waals surface area (Å²) in [5.41, 5.74) is 3.75. The first-order valence-electron chi connectivity index (χ1n) is 10.2. The van der Waals surface area contributed by atoms with E-state index in [9.17, 15) is 8.42 Å². The quantitative estimate of drug-likeness (QED) is 0.360. The second kappa shape index (κ2) is 8.90. The zero-order chi connectivity index (χ0) is 22.9. The highest BCUT2D eigenvalue weighted by molar-refractivity contribution is 7.89. The molecule has 1 aromatic heterocycles. The number of pyridine rings is 1. The molecule has 32 heavy (non-hydrogen) atoms. The van der Waals surface area contributed by atoms with Crippen molar-refractivity contribution in [1.82, 2.24) is 9.71 Å². The van der Waals surface area contributed by atoms with Gasteiger partial charge >= 0.3 is 0 Å². The predicted molar refractivity (Wildman–Crippen MR) is 129 cm³/mol. The molecule has 0 aliphatic carbocycles. The molecule has 0 atom stereocenters. The van der Waals surface area contributed by atoms with Crippen molar-refractivity contribution >= 4 is 32.5 Å². The molecule has 1 N–H and O–H groups in total. The molecule has 0 saturated heterocycles. The third-order valence-electron chi connectivity index (χ3n) is 4.90. The minimum Gasteiger partial charge on any atom is -0.457 e. The fourth-order valence-corrected chi connectivity index (χ4v) is 5.11. The molecule has 0 aliphatic heterocycles. The van der Waals surface area contributed by atoms with Crippen molar-refractivity contribution in [2.45, 2.75) is 31.7 Å². The van der Waals surface area contributed by atoms with Crippen molar-refractivity contribution in [3.63, 3.8) is 0 Å². The molecule has 164 valence electrons. The molecule has 3 aromatic carbocycles. The van der Waals surface area contributed by atoms with Gasteiger partial charge in [0.2, 0.25) is 10.0 Å². The number of nitrogens with one attached hydrogen (secondary N) is 1. The summed E-state index contributed by atoms with van der Waals surface area (Å²) in [6.07, 6.45) is 1.81. The van der Waals surface area contributed by atoms with E-state index in [1.54, 1.807) is 32.0 Å². The number of aryl methyl sites for hydroxylation is 1. The summed E-state index contributed by atoms with van der Waals surface area (Å²) in [5.74, 6) is 1.04. The van der Waals surface area contributed by atoms with E-state index in [0.717, 1.165) is 27.6 Å². The maximum Gasteiger partial charge on any atom is 0.240 e. The number of rotatable bonds is 6. The highest BCUT2D eigenvalue weighted by Gasteiger charge is 2.16. The topological polar surface area (TPSA) is 68.3 Å². The molecule has 0 fully saturated rings. The maximum absolute atomic E-state index is 12.5. The lowest BCUT2D eigenvalue weighted by atomic mass is 9.97. The van der Waals surface area contributed by atoms with Crippen LogP contribution >= 0.6 is 11.6 Å². The zero-order valence-electron chi connectivity index (χ0n) is 18.0. The van der Waals surface area contributed by atoms with Gasteiger partial charge in [0.1, 0.15) is 11.5 Å². The Morgan fingerprint density at radius 1 is 0.969 bits per heavy atom. The van der Waals surface area contributed by atoms with Crippen molar-refractivity contribution in [3.8, 4) is 22.6 Å². The summed E-state index contributed by atoms with van der Waals surface area (Å²) in [6, 6.07) is 19.7. The molecule has 0 radical (unpaired) electrons. The molecule has 7 heteroatoms. The summed E-state index contributed by atoms with van der Waals surface area (Å²) < 4.78 is 33.6. The van der Waals surface area contributed by atoms with E-state index in [0.29, 0.717) is 16.5 Å². The number of hydrogen-bond donors (Lipinski definition) is 1. The van der Waals surface area contributed by atoms with Crippen LogP contribution in [0.2, 0.25) is 5.02 Å². The van der Waals surface area contributed by atoms with Gasteiger partial charge in [-0.25, -0.2) is 13.1 Å².